The molecule has 2 fully saturated rings. The fraction of sp³-hybridized carbons (Fsp3) is 0.400. The Morgan fingerprint density at radius 2 is 1.91 bits per heavy atom. The average Bonchev–Trinajstić information content (AvgIpc) is 3.53. The Labute approximate surface area is 203 Å². The van der Waals surface area contributed by atoms with Crippen molar-refractivity contribution < 1.29 is 4.79 Å². The van der Waals surface area contributed by atoms with Gasteiger partial charge in [-0.25, -0.2) is 19.9 Å². The monoisotopic (exact) mass is 470 g/mol. The molecule has 10 nitrogen and oxygen atoms in total. The van der Waals surface area contributed by atoms with E-state index in [2.05, 4.69) is 41.1 Å². The maximum atomic E-state index is 12.9. The third kappa shape index (κ3) is 4.07. The van der Waals surface area contributed by atoms with Crippen LogP contribution in [-0.4, -0.2) is 82.6 Å². The zero-order valence-electron chi connectivity index (χ0n) is 19.9. The molecule has 1 radical (unpaired) electrons. The number of fused-ring (bicyclic) bond motifs is 1. The molecule has 1 saturated carbocycles. The summed E-state index contributed by atoms with van der Waals surface area (Å²) in [6.07, 6.45) is 11.0. The topological polar surface area (TPSA) is 109 Å². The van der Waals surface area contributed by atoms with Crippen LogP contribution < -0.4 is 0 Å². The number of carbonyl (C=O) groups excluding carboxylic acids is 1. The predicted octanol–water partition coefficient (Wildman–Crippen LogP) is 2.74. The second-order valence-electron chi connectivity index (χ2n) is 9.55. The van der Waals surface area contributed by atoms with Crippen molar-refractivity contribution in [3.8, 4) is 11.3 Å². The molecule has 0 bridgehead atoms. The van der Waals surface area contributed by atoms with E-state index in [9.17, 15) is 4.79 Å². The van der Waals surface area contributed by atoms with Crippen molar-refractivity contribution in [3.63, 3.8) is 0 Å². The van der Waals surface area contributed by atoms with Gasteiger partial charge >= 0.3 is 0 Å². The number of nitrogens with one attached hydrogen (secondary N) is 1. The Bertz CT molecular complexity index is 1350. The highest BCUT2D eigenvalue weighted by molar-refractivity contribution is 5.92. The van der Waals surface area contributed by atoms with Gasteiger partial charge in [0.15, 0.2) is 0 Å². The van der Waals surface area contributed by atoms with Gasteiger partial charge in [-0.1, -0.05) is 13.8 Å². The molecular weight excluding hydrogens is 442 g/mol. The standard InChI is InChI=1S/C25H28N9O/c1-16(2)23-26-6-4-21(31-23)25(35)33-9-7-32(8-10-33)18-11-19(12-18)34-14-17(13-30-34)22-20-3-5-27-24(20)29-15-28-22/h3-6,13-16,18H,7-12H2,1-2H3,(H,27,28,29). The van der Waals surface area contributed by atoms with Crippen molar-refractivity contribution in [3.05, 3.63) is 60.8 Å². The molecule has 35 heavy (non-hydrogen) atoms. The van der Waals surface area contributed by atoms with E-state index in [1.54, 1.807) is 18.6 Å². The van der Waals surface area contributed by atoms with Gasteiger partial charge in [0.2, 0.25) is 0 Å². The summed E-state index contributed by atoms with van der Waals surface area (Å²) in [5, 5.41) is 5.60. The van der Waals surface area contributed by atoms with E-state index in [0.717, 1.165) is 61.3 Å². The third-order valence-electron chi connectivity index (χ3n) is 7.00. The number of hydrogen-bond donors (Lipinski definition) is 1. The van der Waals surface area contributed by atoms with Crippen molar-refractivity contribution in [1.82, 2.24) is 44.5 Å². The number of H-pyrrole nitrogens is 1. The normalized spacial score (nSPS) is 17.9. The van der Waals surface area contributed by atoms with Gasteiger partial charge in [0.05, 0.1) is 17.9 Å². The van der Waals surface area contributed by atoms with Gasteiger partial charge < -0.3 is 9.88 Å². The minimum Gasteiger partial charge on any atom is -0.346 e. The van der Waals surface area contributed by atoms with Crippen LogP contribution >= 0.6 is 0 Å². The van der Waals surface area contributed by atoms with Gasteiger partial charge in [-0.3, -0.25) is 14.4 Å². The molecular formula is C25H28N9O. The van der Waals surface area contributed by atoms with Crippen LogP contribution in [0.15, 0.2) is 43.2 Å². The molecule has 1 aliphatic carbocycles. The minimum atomic E-state index is 0.000123. The molecule has 4 aromatic rings. The molecule has 4 aromatic heterocycles. The SMILES string of the molecule is CC(C)c1nccc(C(=O)N2CCN(C3C[C](n4cc(-c5ncnc6[nH]ccc56)cn4)C3)CC2)n1. The molecule has 5 heterocycles. The van der Waals surface area contributed by atoms with E-state index in [0.29, 0.717) is 17.6 Å². The molecule has 0 atom stereocenters. The van der Waals surface area contributed by atoms with Crippen LogP contribution in [0.2, 0.25) is 0 Å². The van der Waals surface area contributed by atoms with E-state index in [1.165, 1.54) is 6.04 Å². The lowest BCUT2D eigenvalue weighted by molar-refractivity contribution is 0.0466. The molecule has 0 aromatic carbocycles. The van der Waals surface area contributed by atoms with Crippen molar-refractivity contribution in [2.24, 2.45) is 0 Å². The molecule has 1 N–H and O–H groups in total. The van der Waals surface area contributed by atoms with E-state index in [4.69, 9.17) is 0 Å². The Kier molecular flexibility index (Phi) is 5.52. The van der Waals surface area contributed by atoms with Crippen LogP contribution in [0.5, 0.6) is 0 Å². The fourth-order valence-electron chi connectivity index (χ4n) is 4.87. The Morgan fingerprint density at radius 3 is 2.71 bits per heavy atom. The number of aromatic nitrogens is 7. The summed E-state index contributed by atoms with van der Waals surface area (Å²) in [6, 6.07) is 5.51. The molecule has 0 unspecified atom stereocenters. The average molecular weight is 471 g/mol. The quantitative estimate of drug-likeness (QED) is 0.478. The van der Waals surface area contributed by atoms with Gasteiger partial charge in [0, 0.05) is 67.7 Å². The van der Waals surface area contributed by atoms with Crippen molar-refractivity contribution in [2.45, 2.75) is 38.6 Å². The highest BCUT2D eigenvalue weighted by Gasteiger charge is 2.38. The Balaban J connectivity index is 1.04. The minimum absolute atomic E-state index is 0.000123. The van der Waals surface area contributed by atoms with E-state index in [-0.39, 0.29) is 11.8 Å². The smallest absolute Gasteiger partial charge is 0.272 e. The van der Waals surface area contributed by atoms with E-state index < -0.39 is 0 Å². The zero-order valence-corrected chi connectivity index (χ0v) is 19.9. The summed E-state index contributed by atoms with van der Waals surface area (Å²) in [6.45, 7) is 7.27. The maximum Gasteiger partial charge on any atom is 0.272 e. The highest BCUT2D eigenvalue weighted by atomic mass is 16.2. The third-order valence-corrected chi connectivity index (χ3v) is 7.00. The predicted molar refractivity (Wildman–Crippen MR) is 130 cm³/mol. The van der Waals surface area contributed by atoms with Crippen molar-refractivity contribution in [2.75, 3.05) is 26.2 Å². The number of aromatic amines is 1. The van der Waals surface area contributed by atoms with E-state index >= 15 is 0 Å². The lowest BCUT2D eigenvalue weighted by Crippen LogP contribution is -2.55. The van der Waals surface area contributed by atoms with Crippen molar-refractivity contribution in [1.29, 1.82) is 0 Å². The van der Waals surface area contributed by atoms with Gasteiger partial charge in [-0.15, -0.1) is 0 Å². The second kappa shape index (κ2) is 8.84. The van der Waals surface area contributed by atoms with Crippen LogP contribution in [0.4, 0.5) is 0 Å². The van der Waals surface area contributed by atoms with E-state index in [1.807, 2.05) is 41.9 Å². The van der Waals surface area contributed by atoms with Gasteiger partial charge in [0.1, 0.15) is 23.5 Å². The van der Waals surface area contributed by atoms with Crippen LogP contribution in [0, 0.1) is 6.04 Å². The molecule has 10 heteroatoms. The van der Waals surface area contributed by atoms with Crippen LogP contribution in [0.25, 0.3) is 22.3 Å². The Hall–Kier alpha value is -3.66. The lowest BCUT2D eigenvalue weighted by Gasteiger charge is -2.45. The molecule has 2 aliphatic rings. The van der Waals surface area contributed by atoms with Gasteiger partial charge in [-0.05, 0) is 25.0 Å². The maximum absolute atomic E-state index is 12.9. The highest BCUT2D eigenvalue weighted by Crippen LogP contribution is 2.36. The van der Waals surface area contributed by atoms with Gasteiger partial charge in [-0.2, -0.15) is 5.10 Å². The first-order chi connectivity index (χ1) is 17.1. The number of carbonyl (C=O) groups is 1. The number of piperazine rings is 1. The van der Waals surface area contributed by atoms with Crippen LogP contribution in [-0.2, 0) is 0 Å². The summed E-state index contributed by atoms with van der Waals surface area (Å²) in [7, 11) is 0. The largest absolute Gasteiger partial charge is 0.346 e. The number of hydrogen-bond acceptors (Lipinski definition) is 7. The van der Waals surface area contributed by atoms with Crippen LogP contribution in [0.3, 0.4) is 0 Å². The number of nitrogens with zero attached hydrogens (tertiary/aromatic N) is 8. The van der Waals surface area contributed by atoms with Gasteiger partial charge in [0.25, 0.3) is 5.91 Å². The fourth-order valence-corrected chi connectivity index (χ4v) is 4.87. The summed E-state index contributed by atoms with van der Waals surface area (Å²) < 4.78 is 1.99. The molecule has 1 aliphatic heterocycles. The number of rotatable bonds is 5. The first kappa shape index (κ1) is 21.8. The lowest BCUT2D eigenvalue weighted by atomic mass is 9.85. The molecule has 179 valence electrons. The summed E-state index contributed by atoms with van der Waals surface area (Å²) in [5.41, 5.74) is 3.21. The summed E-state index contributed by atoms with van der Waals surface area (Å²) >= 11 is 0. The Morgan fingerprint density at radius 1 is 1.09 bits per heavy atom. The van der Waals surface area contributed by atoms with Crippen LogP contribution in [0.1, 0.15) is 48.9 Å². The first-order valence-corrected chi connectivity index (χ1v) is 12.1. The molecule has 0 spiro atoms. The van der Waals surface area contributed by atoms with Crippen molar-refractivity contribution >= 4 is 16.9 Å². The summed E-state index contributed by atoms with van der Waals surface area (Å²) in [5.74, 6) is 0.913. The zero-order chi connectivity index (χ0) is 23.9. The molecule has 6 rings (SSSR count). The molecule has 1 saturated heterocycles. The first-order valence-electron chi connectivity index (χ1n) is 12.1. The second-order valence-corrected chi connectivity index (χ2v) is 9.55. The molecule has 1 amide bonds. The number of amides is 1. The summed E-state index contributed by atoms with van der Waals surface area (Å²) in [4.78, 5) is 38.0.